The van der Waals surface area contributed by atoms with Gasteiger partial charge >= 0.3 is 12.0 Å². The third-order valence-electron chi connectivity index (χ3n) is 2.39. The number of carbonyl (C=O) groups is 2. The van der Waals surface area contributed by atoms with Crippen LogP contribution >= 0.6 is 43.6 Å². The van der Waals surface area contributed by atoms with Crippen LogP contribution in [-0.2, 0) is 4.79 Å². The van der Waals surface area contributed by atoms with Crippen LogP contribution in [-0.4, -0.2) is 35.2 Å². The monoisotopic (exact) mass is 424 g/mol. The number of amides is 2. The Morgan fingerprint density at radius 1 is 1.40 bits per heavy atom. The van der Waals surface area contributed by atoms with Crippen molar-refractivity contribution in [2.75, 3.05) is 17.3 Å². The third kappa shape index (κ3) is 5.72. The van der Waals surface area contributed by atoms with Gasteiger partial charge in [0.05, 0.1) is 5.69 Å². The van der Waals surface area contributed by atoms with Gasteiger partial charge in [0.1, 0.15) is 6.04 Å². The van der Waals surface area contributed by atoms with Crippen molar-refractivity contribution in [1.82, 2.24) is 5.32 Å². The van der Waals surface area contributed by atoms with Crippen molar-refractivity contribution in [2.24, 2.45) is 0 Å². The molecule has 0 radical (unpaired) electrons. The minimum absolute atomic E-state index is 0.380. The fourth-order valence-corrected chi connectivity index (χ4v) is 3.02. The third-order valence-corrected chi connectivity index (χ3v) is 4.19. The predicted octanol–water partition coefficient (Wildman–Crippen LogP) is 3.54. The van der Waals surface area contributed by atoms with Gasteiger partial charge in [-0.25, -0.2) is 9.59 Å². The Balaban J connectivity index is 2.63. The van der Waals surface area contributed by atoms with Gasteiger partial charge in [0.15, 0.2) is 0 Å². The number of carbonyl (C=O) groups excluding carboxylic acids is 1. The van der Waals surface area contributed by atoms with E-state index in [1.54, 1.807) is 18.2 Å². The predicted molar refractivity (Wildman–Crippen MR) is 88.4 cm³/mol. The Kier molecular flexibility index (Phi) is 7.39. The number of urea groups is 1. The van der Waals surface area contributed by atoms with E-state index in [1.807, 2.05) is 6.26 Å². The van der Waals surface area contributed by atoms with Crippen molar-refractivity contribution in [2.45, 2.75) is 12.5 Å². The first-order valence-electron chi connectivity index (χ1n) is 5.68. The fraction of sp³-hybridized carbons (Fsp3) is 0.333. The first-order chi connectivity index (χ1) is 9.43. The van der Waals surface area contributed by atoms with E-state index < -0.39 is 18.0 Å². The van der Waals surface area contributed by atoms with E-state index in [-0.39, 0.29) is 0 Å². The molecule has 0 aliphatic rings. The summed E-state index contributed by atoms with van der Waals surface area (Å²) >= 11 is 8.17. The number of hydrogen-bond acceptors (Lipinski definition) is 3. The van der Waals surface area contributed by atoms with Gasteiger partial charge in [-0.15, -0.1) is 0 Å². The molecule has 110 valence electrons. The zero-order valence-corrected chi connectivity index (χ0v) is 14.6. The molecule has 0 spiro atoms. The van der Waals surface area contributed by atoms with Crippen LogP contribution in [0.3, 0.4) is 0 Å². The highest BCUT2D eigenvalue weighted by Crippen LogP contribution is 2.26. The summed E-state index contributed by atoms with van der Waals surface area (Å²) in [5, 5.41) is 14.1. The quantitative estimate of drug-likeness (QED) is 0.651. The van der Waals surface area contributed by atoms with Gasteiger partial charge in [0.2, 0.25) is 0 Å². The summed E-state index contributed by atoms with van der Waals surface area (Å²) in [6.07, 6.45) is 2.27. The van der Waals surface area contributed by atoms with Gasteiger partial charge in [0, 0.05) is 8.95 Å². The molecular formula is C12H14Br2N2O3S. The molecule has 0 saturated carbocycles. The summed E-state index contributed by atoms with van der Waals surface area (Å²) in [4.78, 5) is 22.8. The molecule has 0 unspecified atom stereocenters. The van der Waals surface area contributed by atoms with Crippen LogP contribution in [0.25, 0.3) is 0 Å². The Hall–Kier alpha value is -0.730. The van der Waals surface area contributed by atoms with E-state index in [1.165, 1.54) is 11.8 Å². The highest BCUT2D eigenvalue weighted by atomic mass is 79.9. The lowest BCUT2D eigenvalue weighted by Gasteiger charge is -2.15. The first kappa shape index (κ1) is 17.3. The normalized spacial score (nSPS) is 11.8. The minimum Gasteiger partial charge on any atom is -0.480 e. The van der Waals surface area contributed by atoms with Crippen molar-refractivity contribution in [3.63, 3.8) is 0 Å². The summed E-state index contributed by atoms with van der Waals surface area (Å²) < 4.78 is 1.58. The number of benzene rings is 1. The van der Waals surface area contributed by atoms with Crippen LogP contribution in [0.1, 0.15) is 6.42 Å². The molecule has 5 nitrogen and oxygen atoms in total. The zero-order chi connectivity index (χ0) is 15.1. The molecule has 0 fully saturated rings. The van der Waals surface area contributed by atoms with Crippen molar-refractivity contribution >= 4 is 61.3 Å². The second kappa shape index (κ2) is 8.53. The smallest absolute Gasteiger partial charge is 0.326 e. The largest absolute Gasteiger partial charge is 0.480 e. The van der Waals surface area contributed by atoms with E-state index in [0.717, 1.165) is 4.47 Å². The zero-order valence-electron chi connectivity index (χ0n) is 10.7. The van der Waals surface area contributed by atoms with Crippen LogP contribution in [0, 0.1) is 0 Å². The van der Waals surface area contributed by atoms with Gasteiger partial charge in [-0.3, -0.25) is 0 Å². The standard InChI is InChI=1S/C12H14Br2N2O3S/c1-20-5-4-10(11(17)18)16-12(19)15-9-3-2-7(13)6-8(9)14/h2-3,6,10H,4-5H2,1H3,(H,17,18)(H2,15,16,19)/t10-/m1/s1. The van der Waals surface area contributed by atoms with E-state index in [9.17, 15) is 9.59 Å². The molecule has 1 aromatic carbocycles. The van der Waals surface area contributed by atoms with E-state index in [0.29, 0.717) is 22.3 Å². The molecule has 1 rings (SSSR count). The summed E-state index contributed by atoms with van der Waals surface area (Å²) in [6, 6.07) is 3.85. The summed E-state index contributed by atoms with van der Waals surface area (Å²) in [6.45, 7) is 0. The SMILES string of the molecule is CSCC[C@@H](NC(=O)Nc1ccc(Br)cc1Br)C(=O)O. The molecular weight excluding hydrogens is 412 g/mol. The summed E-state index contributed by atoms with van der Waals surface area (Å²) in [7, 11) is 0. The number of anilines is 1. The van der Waals surface area contributed by atoms with Crippen molar-refractivity contribution in [1.29, 1.82) is 0 Å². The number of rotatable bonds is 6. The van der Waals surface area contributed by atoms with Crippen LogP contribution in [0.15, 0.2) is 27.1 Å². The average Bonchev–Trinajstić information content (AvgIpc) is 2.37. The lowest BCUT2D eigenvalue weighted by Crippen LogP contribution is -2.43. The topological polar surface area (TPSA) is 78.4 Å². The maximum Gasteiger partial charge on any atom is 0.326 e. The van der Waals surface area contributed by atoms with Crippen molar-refractivity contribution in [3.05, 3.63) is 27.1 Å². The number of nitrogens with one attached hydrogen (secondary N) is 2. The molecule has 8 heteroatoms. The summed E-state index contributed by atoms with van der Waals surface area (Å²) in [5.41, 5.74) is 0.569. The molecule has 3 N–H and O–H groups in total. The minimum atomic E-state index is -1.04. The van der Waals surface area contributed by atoms with Gasteiger partial charge < -0.3 is 15.7 Å². The van der Waals surface area contributed by atoms with Crippen molar-refractivity contribution in [3.8, 4) is 0 Å². The molecule has 20 heavy (non-hydrogen) atoms. The lowest BCUT2D eigenvalue weighted by molar-refractivity contribution is -0.139. The van der Waals surface area contributed by atoms with Gasteiger partial charge in [0.25, 0.3) is 0 Å². The molecule has 0 heterocycles. The number of carboxylic acid groups (broad SMARTS) is 1. The number of halogens is 2. The Morgan fingerprint density at radius 2 is 2.10 bits per heavy atom. The second-order valence-corrected chi connectivity index (χ2v) is 6.65. The van der Waals surface area contributed by atoms with Crippen molar-refractivity contribution < 1.29 is 14.7 Å². The summed E-state index contributed by atoms with van der Waals surface area (Å²) in [5.74, 6) is -0.372. The number of aliphatic carboxylic acids is 1. The number of thioether (sulfide) groups is 1. The first-order valence-corrected chi connectivity index (χ1v) is 8.66. The Labute approximate surface area is 138 Å². The highest BCUT2D eigenvalue weighted by molar-refractivity contribution is 9.11. The van der Waals surface area contributed by atoms with E-state index >= 15 is 0 Å². The second-order valence-electron chi connectivity index (χ2n) is 3.89. The maximum absolute atomic E-state index is 11.8. The van der Waals surface area contributed by atoms with Gasteiger partial charge in [-0.05, 0) is 52.6 Å². The van der Waals surface area contributed by atoms with Crippen LogP contribution in [0.2, 0.25) is 0 Å². The molecule has 1 aromatic rings. The van der Waals surface area contributed by atoms with Crippen LogP contribution in [0.4, 0.5) is 10.5 Å². The lowest BCUT2D eigenvalue weighted by atomic mass is 10.2. The van der Waals surface area contributed by atoms with Gasteiger partial charge in [-0.1, -0.05) is 15.9 Å². The van der Waals surface area contributed by atoms with E-state index in [4.69, 9.17) is 5.11 Å². The number of hydrogen-bond donors (Lipinski definition) is 3. The molecule has 0 aliphatic heterocycles. The molecule has 0 bridgehead atoms. The molecule has 1 atom stereocenters. The molecule has 0 aliphatic carbocycles. The number of carboxylic acids is 1. The highest BCUT2D eigenvalue weighted by Gasteiger charge is 2.19. The van der Waals surface area contributed by atoms with Crippen LogP contribution in [0.5, 0.6) is 0 Å². The average molecular weight is 426 g/mol. The van der Waals surface area contributed by atoms with E-state index in [2.05, 4.69) is 42.5 Å². The Morgan fingerprint density at radius 3 is 2.65 bits per heavy atom. The maximum atomic E-state index is 11.8. The Bertz CT molecular complexity index is 500. The molecule has 0 aromatic heterocycles. The van der Waals surface area contributed by atoms with Crippen LogP contribution < -0.4 is 10.6 Å². The molecule has 0 saturated heterocycles. The fourth-order valence-electron chi connectivity index (χ4n) is 1.40. The van der Waals surface area contributed by atoms with Gasteiger partial charge in [-0.2, -0.15) is 11.8 Å². The molecule has 2 amide bonds.